The highest BCUT2D eigenvalue weighted by Gasteiger charge is 2.10. The van der Waals surface area contributed by atoms with E-state index in [1.54, 1.807) is 31.2 Å². The molecule has 1 heterocycles. The van der Waals surface area contributed by atoms with Gasteiger partial charge in [0, 0.05) is 17.2 Å². The first kappa shape index (κ1) is 19.4. The lowest BCUT2D eigenvalue weighted by Crippen LogP contribution is -1.92. The van der Waals surface area contributed by atoms with Gasteiger partial charge in [-0.1, -0.05) is 44.2 Å². The summed E-state index contributed by atoms with van der Waals surface area (Å²) in [4.78, 5) is 4.03. The summed E-state index contributed by atoms with van der Waals surface area (Å²) in [6.07, 6.45) is 5.16. The van der Waals surface area contributed by atoms with Gasteiger partial charge in [0.05, 0.1) is 17.7 Å². The molecule has 0 amide bonds. The number of aromatic nitrogens is 1. The first-order chi connectivity index (χ1) is 10.0. The normalized spacial score (nSPS) is 10.6. The summed E-state index contributed by atoms with van der Waals surface area (Å²) in [5, 5.41) is 9.13. The quantitative estimate of drug-likeness (QED) is 0.396. The zero-order chi connectivity index (χ0) is 16.4. The van der Waals surface area contributed by atoms with Crippen molar-refractivity contribution in [1.82, 2.24) is 4.98 Å². The molecule has 0 aromatic carbocycles. The molecule has 0 aliphatic carbocycles. The van der Waals surface area contributed by atoms with E-state index in [1.165, 1.54) is 7.11 Å². The second kappa shape index (κ2) is 10.2. The number of hydrogen-bond acceptors (Lipinski definition) is 3. The third-order valence-electron chi connectivity index (χ3n) is 2.35. The molecule has 0 spiro atoms. The average molecular weight is 370 g/mol. The number of ether oxygens (including phenoxy) is 1. The largest absolute Gasteiger partial charge is 0.481 e. The summed E-state index contributed by atoms with van der Waals surface area (Å²) < 4.78 is 5.71. The number of halogens is 2. The Morgan fingerprint density at radius 2 is 2.10 bits per heavy atom. The molecule has 112 valence electrons. The lowest BCUT2D eigenvalue weighted by molar-refractivity contribution is 0.397. The van der Waals surface area contributed by atoms with Crippen LogP contribution in [0.25, 0.3) is 5.57 Å². The van der Waals surface area contributed by atoms with Gasteiger partial charge in [-0.25, -0.2) is 4.98 Å². The van der Waals surface area contributed by atoms with Crippen molar-refractivity contribution in [1.29, 1.82) is 5.26 Å². The summed E-state index contributed by atoms with van der Waals surface area (Å²) in [5.41, 5.74) is 2.02. The first-order valence-corrected chi connectivity index (χ1v) is 7.54. The molecule has 0 fully saturated rings. The summed E-state index contributed by atoms with van der Waals surface area (Å²) >= 11 is 9.35. The van der Waals surface area contributed by atoms with Gasteiger partial charge in [0.1, 0.15) is 5.15 Å². The highest BCUT2D eigenvalue weighted by molar-refractivity contribution is 9.10. The van der Waals surface area contributed by atoms with Crippen molar-refractivity contribution in [3.8, 4) is 11.9 Å². The van der Waals surface area contributed by atoms with Crippen LogP contribution in [0.5, 0.6) is 5.88 Å². The molecule has 0 atom stereocenters. The molecular formula is C16H18BrClN2O. The third-order valence-corrected chi connectivity index (χ3v) is 3.66. The fourth-order valence-electron chi connectivity index (χ4n) is 1.29. The molecule has 0 N–H and O–H groups in total. The van der Waals surface area contributed by atoms with Gasteiger partial charge in [-0.3, -0.25) is 0 Å². The van der Waals surface area contributed by atoms with Gasteiger partial charge in [-0.15, -0.1) is 0 Å². The highest BCUT2D eigenvalue weighted by atomic mass is 79.9. The van der Waals surface area contributed by atoms with Crippen LogP contribution >= 0.6 is 27.5 Å². The minimum absolute atomic E-state index is 0.301. The molecule has 0 saturated carbocycles. The minimum Gasteiger partial charge on any atom is -0.481 e. The third kappa shape index (κ3) is 5.74. The molecule has 5 heteroatoms. The van der Waals surface area contributed by atoms with Crippen molar-refractivity contribution < 1.29 is 4.74 Å². The van der Waals surface area contributed by atoms with Crippen molar-refractivity contribution in [2.45, 2.75) is 20.8 Å². The molecule has 0 radical (unpaired) electrons. The van der Waals surface area contributed by atoms with Gasteiger partial charge in [0.2, 0.25) is 5.88 Å². The summed E-state index contributed by atoms with van der Waals surface area (Å²) in [5.74, 6) is 0.407. The lowest BCUT2D eigenvalue weighted by Gasteiger charge is -2.08. The Kier molecular flexibility index (Phi) is 9.44. The van der Waals surface area contributed by atoms with Crippen molar-refractivity contribution in [2.75, 3.05) is 7.11 Å². The number of hydrogen-bond donors (Lipinski definition) is 0. The number of nitrogens with zero attached hydrogens (tertiary/aromatic N) is 2. The van der Waals surface area contributed by atoms with Crippen LogP contribution in [0.1, 0.15) is 26.3 Å². The molecule has 1 aromatic rings. The van der Waals surface area contributed by atoms with Crippen LogP contribution in [0.4, 0.5) is 0 Å². The SMILES string of the molecule is C=C(/C=C\C(C#N)=C/C)c1cc(OC)nc(Cl)c1Br.CC. The number of nitriles is 1. The van der Waals surface area contributed by atoms with Crippen LogP contribution in [0.2, 0.25) is 5.15 Å². The van der Waals surface area contributed by atoms with Gasteiger partial charge in [0.25, 0.3) is 0 Å². The summed E-state index contributed by atoms with van der Waals surface area (Å²) in [6.45, 7) is 9.75. The van der Waals surface area contributed by atoms with Gasteiger partial charge >= 0.3 is 0 Å². The zero-order valence-corrected chi connectivity index (χ0v) is 14.9. The van der Waals surface area contributed by atoms with Crippen LogP contribution in [0.3, 0.4) is 0 Å². The predicted molar refractivity (Wildman–Crippen MR) is 92.4 cm³/mol. The molecule has 0 saturated heterocycles. The van der Waals surface area contributed by atoms with Crippen molar-refractivity contribution >= 4 is 33.1 Å². The molecule has 0 bridgehead atoms. The Labute approximate surface area is 139 Å². The van der Waals surface area contributed by atoms with E-state index in [9.17, 15) is 0 Å². The maximum atomic E-state index is 8.83. The number of pyridine rings is 1. The maximum absolute atomic E-state index is 8.83. The van der Waals surface area contributed by atoms with Crippen LogP contribution < -0.4 is 4.74 Å². The van der Waals surface area contributed by atoms with Crippen LogP contribution in [0.15, 0.2) is 40.9 Å². The molecule has 1 aromatic heterocycles. The van der Waals surface area contributed by atoms with Crippen LogP contribution in [-0.4, -0.2) is 12.1 Å². The van der Waals surface area contributed by atoms with Gasteiger partial charge < -0.3 is 4.74 Å². The number of methoxy groups -OCH3 is 1. The summed E-state index contributed by atoms with van der Waals surface area (Å²) in [6, 6.07) is 3.79. The smallest absolute Gasteiger partial charge is 0.215 e. The molecule has 21 heavy (non-hydrogen) atoms. The van der Waals surface area contributed by atoms with E-state index in [2.05, 4.69) is 33.6 Å². The molecular weight excluding hydrogens is 352 g/mol. The van der Waals surface area contributed by atoms with E-state index in [0.717, 1.165) is 5.56 Å². The van der Waals surface area contributed by atoms with E-state index in [4.69, 9.17) is 21.6 Å². The van der Waals surface area contributed by atoms with Gasteiger partial charge in [-0.05, 0) is 34.5 Å². The van der Waals surface area contributed by atoms with E-state index in [-0.39, 0.29) is 0 Å². The molecule has 0 unspecified atom stereocenters. The molecule has 3 nitrogen and oxygen atoms in total. The Balaban J connectivity index is 0.00000191. The Morgan fingerprint density at radius 1 is 1.48 bits per heavy atom. The topological polar surface area (TPSA) is 45.9 Å². The van der Waals surface area contributed by atoms with E-state index in [1.807, 2.05) is 13.8 Å². The standard InChI is InChI=1S/C14H12BrClN2O.C2H6/c1-4-10(8-17)6-5-9(2)11-7-12(19-3)18-14(16)13(11)15;1-2/h4-7H,2H2,1,3H3;1-2H3/b6-5-,10-4+;. The molecule has 0 aliphatic heterocycles. The molecule has 1 rings (SSSR count). The van der Waals surface area contributed by atoms with Crippen LogP contribution in [-0.2, 0) is 0 Å². The fourth-order valence-corrected chi connectivity index (χ4v) is 1.94. The van der Waals surface area contributed by atoms with Gasteiger partial charge in [0.15, 0.2) is 0 Å². The van der Waals surface area contributed by atoms with Gasteiger partial charge in [-0.2, -0.15) is 5.26 Å². The monoisotopic (exact) mass is 368 g/mol. The van der Waals surface area contributed by atoms with Crippen molar-refractivity contribution in [3.05, 3.63) is 51.6 Å². The Bertz CT molecular complexity index is 601. The number of rotatable bonds is 4. The maximum Gasteiger partial charge on any atom is 0.215 e. The fraction of sp³-hybridized carbons (Fsp3) is 0.250. The van der Waals surface area contributed by atoms with E-state index in [0.29, 0.717) is 26.7 Å². The Hall–Kier alpha value is -1.57. The summed E-state index contributed by atoms with van der Waals surface area (Å²) in [7, 11) is 1.52. The first-order valence-electron chi connectivity index (χ1n) is 6.37. The highest BCUT2D eigenvalue weighted by Crippen LogP contribution is 2.32. The molecule has 0 aliphatic rings. The minimum atomic E-state index is 0.301. The second-order valence-corrected chi connectivity index (χ2v) is 4.68. The van der Waals surface area contributed by atoms with Crippen LogP contribution in [0, 0.1) is 11.3 Å². The zero-order valence-electron chi connectivity index (χ0n) is 12.6. The average Bonchev–Trinajstić information content (AvgIpc) is 2.52. The number of allylic oxidation sites excluding steroid dienone is 5. The lowest BCUT2D eigenvalue weighted by atomic mass is 10.1. The predicted octanol–water partition coefficient (Wildman–Crippen LogP) is 5.57. The van der Waals surface area contributed by atoms with E-state index >= 15 is 0 Å². The Morgan fingerprint density at radius 3 is 2.57 bits per heavy atom. The van der Waals surface area contributed by atoms with Crippen molar-refractivity contribution in [3.63, 3.8) is 0 Å². The van der Waals surface area contributed by atoms with E-state index < -0.39 is 0 Å². The van der Waals surface area contributed by atoms with Crippen molar-refractivity contribution in [2.24, 2.45) is 0 Å². The second-order valence-electron chi connectivity index (χ2n) is 3.53.